The number of rotatable bonds is 1. The maximum absolute atomic E-state index is 5.58. The lowest BCUT2D eigenvalue weighted by Crippen LogP contribution is -2.38. The van der Waals surface area contributed by atoms with E-state index < -0.39 is 0 Å². The molecule has 0 radical (unpaired) electrons. The summed E-state index contributed by atoms with van der Waals surface area (Å²) in [5, 5.41) is 0. The Hall–Kier alpha value is -1.16. The second-order valence-electron chi connectivity index (χ2n) is 6.02. The number of ether oxygens (including phenoxy) is 1. The number of anilines is 1. The molecular weight excluding hydrogens is 214 g/mol. The zero-order valence-electron chi connectivity index (χ0n) is 10.7. The Kier molecular flexibility index (Phi) is 2.36. The summed E-state index contributed by atoms with van der Waals surface area (Å²) in [5.74, 6) is 0.855. The first-order chi connectivity index (χ1) is 8.04. The Bertz CT molecular complexity index is 410. The van der Waals surface area contributed by atoms with Crippen LogP contribution in [0, 0.1) is 0 Å². The van der Waals surface area contributed by atoms with Gasteiger partial charge in [0.1, 0.15) is 0 Å². The quantitative estimate of drug-likeness (QED) is 0.740. The number of fused-ring (bicyclic) bond motifs is 2. The highest BCUT2D eigenvalue weighted by Crippen LogP contribution is 2.31. The van der Waals surface area contributed by atoms with Crippen LogP contribution in [-0.4, -0.2) is 35.3 Å². The van der Waals surface area contributed by atoms with Crippen molar-refractivity contribution in [2.75, 3.05) is 18.1 Å². The first kappa shape index (κ1) is 11.0. The first-order valence-corrected chi connectivity index (χ1v) is 6.25. The minimum absolute atomic E-state index is 0.117. The fourth-order valence-electron chi connectivity index (χ4n) is 2.50. The van der Waals surface area contributed by atoms with Crippen molar-refractivity contribution in [3.8, 4) is 0 Å². The van der Waals surface area contributed by atoms with Crippen LogP contribution in [-0.2, 0) is 10.2 Å². The Balaban J connectivity index is 1.81. The molecule has 3 rings (SSSR count). The molecule has 2 aliphatic rings. The summed E-state index contributed by atoms with van der Waals surface area (Å²) < 4.78 is 5.58. The maximum atomic E-state index is 5.58. The molecule has 0 saturated carbocycles. The molecule has 0 aliphatic carbocycles. The molecule has 4 nitrogen and oxygen atoms in total. The molecule has 2 saturated heterocycles. The highest BCUT2D eigenvalue weighted by molar-refractivity contribution is 5.36. The third-order valence-corrected chi connectivity index (χ3v) is 3.66. The molecule has 0 spiro atoms. The van der Waals surface area contributed by atoms with Crippen LogP contribution in [0.25, 0.3) is 0 Å². The van der Waals surface area contributed by atoms with Gasteiger partial charge >= 0.3 is 0 Å². The number of hydrogen-bond donors (Lipinski definition) is 0. The van der Waals surface area contributed by atoms with Crippen LogP contribution in [0.3, 0.4) is 0 Å². The van der Waals surface area contributed by atoms with Crippen molar-refractivity contribution >= 4 is 5.95 Å². The molecule has 0 amide bonds. The standard InChI is InChI=1S/C13H19N3O/c1-13(2,3)9-5-14-12(15-6-9)16-7-11-4-10(16)8-17-11/h5-6,10-11H,4,7-8H2,1-3H3. The second-order valence-corrected chi connectivity index (χ2v) is 6.02. The average Bonchev–Trinajstić information content (AvgIpc) is 2.89. The van der Waals surface area contributed by atoms with Gasteiger partial charge in [-0.1, -0.05) is 20.8 Å². The number of nitrogens with zero attached hydrogens (tertiary/aromatic N) is 3. The van der Waals surface area contributed by atoms with E-state index in [1.54, 1.807) is 0 Å². The van der Waals surface area contributed by atoms with Crippen LogP contribution < -0.4 is 4.90 Å². The topological polar surface area (TPSA) is 38.2 Å². The number of aromatic nitrogens is 2. The van der Waals surface area contributed by atoms with Crippen molar-refractivity contribution < 1.29 is 4.74 Å². The third kappa shape index (κ3) is 1.90. The molecule has 1 aromatic heterocycles. The van der Waals surface area contributed by atoms with Crippen molar-refractivity contribution in [3.05, 3.63) is 18.0 Å². The predicted octanol–water partition coefficient (Wildman–Crippen LogP) is 1.75. The largest absolute Gasteiger partial charge is 0.374 e. The van der Waals surface area contributed by atoms with Crippen LogP contribution in [0.1, 0.15) is 32.8 Å². The van der Waals surface area contributed by atoms with E-state index in [0.29, 0.717) is 12.1 Å². The lowest BCUT2D eigenvalue weighted by atomic mass is 9.89. The summed E-state index contributed by atoms with van der Waals surface area (Å²) >= 11 is 0. The van der Waals surface area contributed by atoms with E-state index in [1.807, 2.05) is 12.4 Å². The lowest BCUT2D eigenvalue weighted by Gasteiger charge is -2.27. The molecule has 2 bridgehead atoms. The van der Waals surface area contributed by atoms with E-state index in [0.717, 1.165) is 25.5 Å². The number of hydrogen-bond acceptors (Lipinski definition) is 4. The summed E-state index contributed by atoms with van der Waals surface area (Å²) in [7, 11) is 0. The third-order valence-electron chi connectivity index (χ3n) is 3.66. The van der Waals surface area contributed by atoms with E-state index in [-0.39, 0.29) is 5.41 Å². The van der Waals surface area contributed by atoms with Gasteiger partial charge in [-0.25, -0.2) is 9.97 Å². The predicted molar refractivity (Wildman–Crippen MR) is 66.2 cm³/mol. The molecule has 0 aromatic carbocycles. The molecule has 4 heteroatoms. The molecule has 2 unspecified atom stereocenters. The highest BCUT2D eigenvalue weighted by Gasteiger charge is 2.40. The molecule has 0 N–H and O–H groups in total. The SMILES string of the molecule is CC(C)(C)c1cnc(N2CC3CC2CO3)nc1. The molecule has 2 atom stereocenters. The van der Waals surface area contributed by atoms with Gasteiger partial charge in [0.05, 0.1) is 18.8 Å². The van der Waals surface area contributed by atoms with Gasteiger partial charge in [0.15, 0.2) is 0 Å². The highest BCUT2D eigenvalue weighted by atomic mass is 16.5. The smallest absolute Gasteiger partial charge is 0.225 e. The molecule has 1 aromatic rings. The molecule has 2 fully saturated rings. The molecule has 17 heavy (non-hydrogen) atoms. The van der Waals surface area contributed by atoms with Gasteiger partial charge < -0.3 is 9.64 Å². The van der Waals surface area contributed by atoms with E-state index in [1.165, 1.54) is 5.56 Å². The van der Waals surface area contributed by atoms with Gasteiger partial charge in [-0.15, -0.1) is 0 Å². The van der Waals surface area contributed by atoms with Crippen LogP contribution >= 0.6 is 0 Å². The van der Waals surface area contributed by atoms with Crippen molar-refractivity contribution in [2.24, 2.45) is 0 Å². The fourth-order valence-corrected chi connectivity index (χ4v) is 2.50. The average molecular weight is 233 g/mol. The van der Waals surface area contributed by atoms with Gasteiger partial charge in [-0.05, 0) is 17.4 Å². The van der Waals surface area contributed by atoms with Crippen molar-refractivity contribution in [1.29, 1.82) is 0 Å². The van der Waals surface area contributed by atoms with Gasteiger partial charge in [0.2, 0.25) is 5.95 Å². The van der Waals surface area contributed by atoms with Gasteiger partial charge in [0.25, 0.3) is 0 Å². The van der Waals surface area contributed by atoms with Gasteiger partial charge in [-0.2, -0.15) is 0 Å². The zero-order chi connectivity index (χ0) is 12.0. The van der Waals surface area contributed by atoms with Crippen molar-refractivity contribution in [2.45, 2.75) is 44.8 Å². The Morgan fingerprint density at radius 1 is 1.29 bits per heavy atom. The van der Waals surface area contributed by atoms with Crippen molar-refractivity contribution in [1.82, 2.24) is 9.97 Å². The Morgan fingerprint density at radius 3 is 2.47 bits per heavy atom. The summed E-state index contributed by atoms with van der Waals surface area (Å²) in [6, 6.07) is 0.487. The van der Waals surface area contributed by atoms with Gasteiger partial charge in [0, 0.05) is 18.9 Å². The van der Waals surface area contributed by atoms with Crippen LogP contribution in [0.2, 0.25) is 0 Å². The van der Waals surface area contributed by atoms with E-state index in [9.17, 15) is 0 Å². The second kappa shape index (κ2) is 3.67. The molecule has 92 valence electrons. The minimum atomic E-state index is 0.117. The summed E-state index contributed by atoms with van der Waals surface area (Å²) in [5.41, 5.74) is 1.30. The Labute approximate surface area is 102 Å². The maximum Gasteiger partial charge on any atom is 0.225 e. The summed E-state index contributed by atoms with van der Waals surface area (Å²) in [6.07, 6.45) is 5.43. The summed E-state index contributed by atoms with van der Waals surface area (Å²) in [6.45, 7) is 8.31. The molecule has 3 heterocycles. The molecular formula is C13H19N3O. The lowest BCUT2D eigenvalue weighted by molar-refractivity contribution is 0.0986. The van der Waals surface area contributed by atoms with E-state index in [2.05, 4.69) is 35.6 Å². The minimum Gasteiger partial charge on any atom is -0.374 e. The Morgan fingerprint density at radius 2 is 2.00 bits per heavy atom. The van der Waals surface area contributed by atoms with Crippen molar-refractivity contribution in [3.63, 3.8) is 0 Å². The molecule has 2 aliphatic heterocycles. The monoisotopic (exact) mass is 233 g/mol. The van der Waals surface area contributed by atoms with Crippen LogP contribution in [0.5, 0.6) is 0 Å². The zero-order valence-corrected chi connectivity index (χ0v) is 10.7. The normalized spacial score (nSPS) is 27.8. The van der Waals surface area contributed by atoms with Gasteiger partial charge in [-0.3, -0.25) is 0 Å². The van der Waals surface area contributed by atoms with E-state index >= 15 is 0 Å². The first-order valence-electron chi connectivity index (χ1n) is 6.25. The van der Waals surface area contributed by atoms with Crippen LogP contribution in [0.4, 0.5) is 5.95 Å². The number of morpholine rings is 1. The van der Waals surface area contributed by atoms with Crippen LogP contribution in [0.15, 0.2) is 12.4 Å². The summed E-state index contributed by atoms with van der Waals surface area (Å²) in [4.78, 5) is 11.3. The van der Waals surface area contributed by atoms with E-state index in [4.69, 9.17) is 4.74 Å². The fraction of sp³-hybridized carbons (Fsp3) is 0.692.